The highest BCUT2D eigenvalue weighted by atomic mass is 35.5. The Kier molecular flexibility index (Phi) is 9.34. The summed E-state index contributed by atoms with van der Waals surface area (Å²) in [5.74, 6) is -0.385. The number of nitrogens with one attached hydrogen (secondary N) is 1. The molecule has 0 bridgehead atoms. The molecule has 0 spiro atoms. The van der Waals surface area contributed by atoms with E-state index in [0.717, 1.165) is 12.4 Å². The topological polar surface area (TPSA) is 122 Å². The summed E-state index contributed by atoms with van der Waals surface area (Å²) in [6.07, 6.45) is -1.48. The van der Waals surface area contributed by atoms with Gasteiger partial charge in [0.25, 0.3) is 5.91 Å². The minimum absolute atomic E-state index is 0.107. The van der Waals surface area contributed by atoms with Gasteiger partial charge >= 0.3 is 6.18 Å². The number of aromatic nitrogens is 2. The number of piperazine rings is 1. The number of aliphatic imine (C=N–C) groups is 1. The molecule has 11 nitrogen and oxygen atoms in total. The highest BCUT2D eigenvalue weighted by molar-refractivity contribution is 6.54. The van der Waals surface area contributed by atoms with Crippen LogP contribution in [0.5, 0.6) is 0 Å². The van der Waals surface area contributed by atoms with E-state index >= 15 is 0 Å². The summed E-state index contributed by atoms with van der Waals surface area (Å²) in [6.45, 7) is 2.13. The number of nitrogens with zero attached hydrogens (tertiary/aromatic N) is 6. The van der Waals surface area contributed by atoms with Crippen molar-refractivity contribution >= 4 is 41.3 Å². The fourth-order valence-corrected chi connectivity index (χ4v) is 3.53. The number of methoxy groups -OCH3 is 1. The quantitative estimate of drug-likeness (QED) is 0.377. The van der Waals surface area contributed by atoms with Gasteiger partial charge in [-0.05, 0) is 0 Å². The minimum Gasteiger partial charge on any atom is -0.382 e. The molecule has 2 amide bonds. The maximum absolute atomic E-state index is 12.7. The highest BCUT2D eigenvalue weighted by Gasteiger charge is 2.32. The van der Waals surface area contributed by atoms with E-state index < -0.39 is 29.1 Å². The number of alkyl halides is 4. The zero-order valence-corrected chi connectivity index (χ0v) is 19.6. The Balaban J connectivity index is 1.41. The predicted octanol–water partition coefficient (Wildman–Crippen LogP) is 0.730. The second-order valence-electron chi connectivity index (χ2n) is 7.72. The van der Waals surface area contributed by atoms with Gasteiger partial charge in [-0.1, -0.05) is 0 Å². The van der Waals surface area contributed by atoms with Gasteiger partial charge in [0.05, 0.1) is 49.8 Å². The number of amides is 2. The van der Waals surface area contributed by atoms with Gasteiger partial charge < -0.3 is 19.3 Å². The summed E-state index contributed by atoms with van der Waals surface area (Å²) in [7, 11) is 1.51. The van der Waals surface area contributed by atoms with E-state index in [-0.39, 0.29) is 38.1 Å². The van der Waals surface area contributed by atoms with E-state index in [2.05, 4.69) is 25.5 Å². The number of anilines is 1. The molecule has 0 saturated carbocycles. The zero-order valence-electron chi connectivity index (χ0n) is 18.9. The van der Waals surface area contributed by atoms with E-state index in [1.54, 1.807) is 9.80 Å². The first-order valence-corrected chi connectivity index (χ1v) is 11.2. The molecule has 1 N–H and O–H groups in total. The number of carbonyl (C=O) groups is 2. The van der Waals surface area contributed by atoms with E-state index in [0.29, 0.717) is 31.9 Å². The van der Waals surface area contributed by atoms with Gasteiger partial charge in [0.2, 0.25) is 11.9 Å². The molecule has 1 unspecified atom stereocenters. The smallest absolute Gasteiger partial charge is 0.382 e. The Labute approximate surface area is 204 Å². The average Bonchev–Trinajstić information content (AvgIpc) is 2.84. The van der Waals surface area contributed by atoms with E-state index in [1.165, 1.54) is 13.3 Å². The molecule has 2 atom stereocenters. The van der Waals surface area contributed by atoms with Crippen LogP contribution in [-0.4, -0.2) is 103 Å². The summed E-state index contributed by atoms with van der Waals surface area (Å²) in [5.41, 5.74) is 1.63. The van der Waals surface area contributed by atoms with Crippen molar-refractivity contribution in [2.45, 2.75) is 24.0 Å². The summed E-state index contributed by atoms with van der Waals surface area (Å²) in [5, 5.41) is 2.73. The van der Waals surface area contributed by atoms with E-state index in [4.69, 9.17) is 21.1 Å². The monoisotopic (exact) mass is 519 g/mol. The molecule has 0 aromatic carbocycles. The predicted molar refractivity (Wildman–Crippen MR) is 121 cm³/mol. The fraction of sp³-hybridized carbons (Fsp3) is 0.600. The van der Waals surface area contributed by atoms with Gasteiger partial charge in [-0.3, -0.25) is 14.6 Å². The molecule has 1 aromatic rings. The summed E-state index contributed by atoms with van der Waals surface area (Å²) in [6, 6.07) is -0.434. The number of carbonyl (C=O) groups excluding carboxylic acids is 2. The average molecular weight is 520 g/mol. The van der Waals surface area contributed by atoms with Crippen LogP contribution in [0.1, 0.15) is 12.0 Å². The normalized spacial score (nSPS) is 20.8. The standard InChI is InChI=1S/C20H25ClF3N7O4/c1-34-11-14(28-15-10-27-29-18(33)17(15)21)12-35-7-2-16(32)30-3-5-31(6-4-30)19-25-8-13(9-26-19)20(22,23)24/h8-10,14,17H,2-7,11-12H2,1H3,(H,29,33)/t14-,17?/m0/s1. The van der Waals surface area contributed by atoms with Crippen LogP contribution in [0.25, 0.3) is 0 Å². The molecular weight excluding hydrogens is 495 g/mol. The lowest BCUT2D eigenvalue weighted by atomic mass is 10.2. The second-order valence-corrected chi connectivity index (χ2v) is 8.16. The molecule has 1 fully saturated rings. The van der Waals surface area contributed by atoms with Crippen molar-refractivity contribution in [2.75, 3.05) is 58.0 Å². The molecule has 15 heteroatoms. The van der Waals surface area contributed by atoms with Gasteiger partial charge in [-0.2, -0.15) is 18.3 Å². The largest absolute Gasteiger partial charge is 0.419 e. The number of ether oxygens (including phenoxy) is 2. The Morgan fingerprint density at radius 3 is 2.57 bits per heavy atom. The van der Waals surface area contributed by atoms with Crippen molar-refractivity contribution in [1.29, 1.82) is 0 Å². The van der Waals surface area contributed by atoms with Gasteiger partial charge in [-0.25, -0.2) is 15.4 Å². The first-order valence-electron chi connectivity index (χ1n) is 10.7. The third kappa shape index (κ3) is 7.57. The molecule has 3 heterocycles. The molecule has 0 radical (unpaired) electrons. The van der Waals surface area contributed by atoms with Crippen molar-refractivity contribution in [3.8, 4) is 0 Å². The number of hydrogen-bond donors (Lipinski definition) is 1. The lowest BCUT2D eigenvalue weighted by molar-refractivity contribution is -0.138. The lowest BCUT2D eigenvalue weighted by Gasteiger charge is -2.34. The molecule has 0 aliphatic carbocycles. The maximum Gasteiger partial charge on any atom is 0.419 e. The zero-order chi connectivity index (χ0) is 25.4. The van der Waals surface area contributed by atoms with Gasteiger partial charge in [0.15, 0.2) is 5.38 Å². The van der Waals surface area contributed by atoms with Crippen LogP contribution < -0.4 is 10.3 Å². The minimum atomic E-state index is -4.49. The third-order valence-electron chi connectivity index (χ3n) is 5.20. The van der Waals surface area contributed by atoms with Crippen LogP contribution in [0.4, 0.5) is 19.1 Å². The Morgan fingerprint density at radius 1 is 1.26 bits per heavy atom. The molecule has 1 aromatic heterocycles. The lowest BCUT2D eigenvalue weighted by Crippen LogP contribution is -2.49. The highest BCUT2D eigenvalue weighted by Crippen LogP contribution is 2.28. The van der Waals surface area contributed by atoms with E-state index in [9.17, 15) is 22.8 Å². The first kappa shape index (κ1) is 26.8. The van der Waals surface area contributed by atoms with Gasteiger partial charge in [0.1, 0.15) is 0 Å². The van der Waals surface area contributed by atoms with Crippen molar-refractivity contribution in [1.82, 2.24) is 20.3 Å². The molecule has 1 saturated heterocycles. The van der Waals surface area contributed by atoms with Crippen LogP contribution in [0, 0.1) is 0 Å². The van der Waals surface area contributed by atoms with Crippen LogP contribution >= 0.6 is 11.6 Å². The Morgan fingerprint density at radius 2 is 1.94 bits per heavy atom. The molecule has 2 aliphatic rings. The number of hydrazone groups is 1. The summed E-state index contributed by atoms with van der Waals surface area (Å²) < 4.78 is 48.7. The number of rotatable bonds is 9. The van der Waals surface area contributed by atoms with Crippen molar-refractivity contribution in [2.24, 2.45) is 10.1 Å². The van der Waals surface area contributed by atoms with Crippen LogP contribution in [0.15, 0.2) is 22.5 Å². The first-order chi connectivity index (χ1) is 16.7. The Bertz CT molecular complexity index is 938. The molecule has 2 aliphatic heterocycles. The summed E-state index contributed by atoms with van der Waals surface area (Å²) >= 11 is 6.02. The summed E-state index contributed by atoms with van der Waals surface area (Å²) in [4.78, 5) is 39.4. The maximum atomic E-state index is 12.7. The van der Waals surface area contributed by atoms with Crippen molar-refractivity contribution in [3.05, 3.63) is 18.0 Å². The van der Waals surface area contributed by atoms with Crippen LogP contribution in [0.2, 0.25) is 0 Å². The third-order valence-corrected chi connectivity index (χ3v) is 5.63. The van der Waals surface area contributed by atoms with Gasteiger partial charge in [0, 0.05) is 45.7 Å². The molecule has 192 valence electrons. The second kappa shape index (κ2) is 12.2. The van der Waals surface area contributed by atoms with Gasteiger partial charge in [-0.15, -0.1) is 11.6 Å². The number of halogens is 4. The van der Waals surface area contributed by atoms with E-state index in [1.807, 2.05) is 0 Å². The van der Waals surface area contributed by atoms with Crippen molar-refractivity contribution in [3.63, 3.8) is 0 Å². The molecular formula is C20H25ClF3N7O4. The molecule has 35 heavy (non-hydrogen) atoms. The van der Waals surface area contributed by atoms with Crippen LogP contribution in [-0.2, 0) is 25.2 Å². The molecule has 3 rings (SSSR count). The SMILES string of the molecule is COC[C@@H](COCCC(=O)N1CCN(c2ncc(C(F)(F)F)cn2)CC1)N=C1C=NNC(=O)C1Cl. The Hall–Kier alpha value is -2.84. The van der Waals surface area contributed by atoms with Crippen molar-refractivity contribution < 1.29 is 32.2 Å². The van der Waals surface area contributed by atoms with Crippen LogP contribution in [0.3, 0.4) is 0 Å². The number of hydrogen-bond acceptors (Lipinski definition) is 9. The fourth-order valence-electron chi connectivity index (χ4n) is 3.37.